The van der Waals surface area contributed by atoms with Crippen molar-refractivity contribution in [2.24, 2.45) is 0 Å². The molecule has 0 aliphatic carbocycles. The Balaban J connectivity index is 2.11. The topological polar surface area (TPSA) is 58.6 Å². The van der Waals surface area contributed by atoms with Gasteiger partial charge in [0.05, 0.1) is 11.6 Å². The highest BCUT2D eigenvalue weighted by molar-refractivity contribution is 9.10. The highest BCUT2D eigenvalue weighted by Crippen LogP contribution is 2.26. The van der Waals surface area contributed by atoms with Gasteiger partial charge < -0.3 is 9.64 Å². The first-order valence-electron chi connectivity index (χ1n) is 5.01. The molecule has 1 saturated heterocycles. The van der Waals surface area contributed by atoms with Gasteiger partial charge in [0.2, 0.25) is 5.91 Å². The van der Waals surface area contributed by atoms with Crippen LogP contribution >= 0.6 is 15.9 Å². The molecular formula is C11H11BrN2O3. The number of carbonyl (C=O) groups excluding carboxylic acids is 2. The van der Waals surface area contributed by atoms with Gasteiger partial charge in [-0.1, -0.05) is 6.07 Å². The van der Waals surface area contributed by atoms with E-state index in [-0.39, 0.29) is 18.5 Å². The molecule has 5 nitrogen and oxygen atoms in total. The molecule has 1 aromatic carbocycles. The van der Waals surface area contributed by atoms with E-state index in [4.69, 9.17) is 4.74 Å². The number of nitrogens with zero attached hydrogens (tertiary/aromatic N) is 1. The molecule has 0 atom stereocenters. The molecule has 17 heavy (non-hydrogen) atoms. The quantitative estimate of drug-likeness (QED) is 0.861. The van der Waals surface area contributed by atoms with Crippen LogP contribution in [0.15, 0.2) is 22.7 Å². The molecule has 90 valence electrons. The Bertz CT molecular complexity index is 476. The fourth-order valence-electron chi connectivity index (χ4n) is 1.64. The third-order valence-corrected chi connectivity index (χ3v) is 3.08. The average Bonchev–Trinajstić information content (AvgIpc) is 2.58. The van der Waals surface area contributed by atoms with E-state index in [1.54, 1.807) is 7.11 Å². The first-order valence-corrected chi connectivity index (χ1v) is 5.80. The van der Waals surface area contributed by atoms with Crippen molar-refractivity contribution in [1.29, 1.82) is 0 Å². The van der Waals surface area contributed by atoms with Crippen molar-refractivity contribution in [3.8, 4) is 5.75 Å². The number of carbonyl (C=O) groups is 2. The molecule has 2 rings (SSSR count). The van der Waals surface area contributed by atoms with E-state index >= 15 is 0 Å². The molecule has 3 amide bonds. The van der Waals surface area contributed by atoms with Gasteiger partial charge in [-0.15, -0.1) is 0 Å². The van der Waals surface area contributed by atoms with Crippen molar-refractivity contribution in [1.82, 2.24) is 10.2 Å². The second-order valence-corrected chi connectivity index (χ2v) is 4.53. The Morgan fingerprint density at radius 3 is 2.76 bits per heavy atom. The Labute approximate surface area is 107 Å². The highest BCUT2D eigenvalue weighted by Gasteiger charge is 2.26. The molecule has 1 fully saturated rings. The van der Waals surface area contributed by atoms with E-state index in [9.17, 15) is 9.59 Å². The standard InChI is InChI=1S/C11H11BrN2O3/c1-17-9-3-2-7(4-8(9)12)5-14-6-10(15)13-11(14)16/h2-4H,5-6H2,1H3,(H,13,15,16). The van der Waals surface area contributed by atoms with Crippen molar-refractivity contribution in [3.63, 3.8) is 0 Å². The summed E-state index contributed by atoms with van der Waals surface area (Å²) < 4.78 is 5.94. The Morgan fingerprint density at radius 2 is 2.24 bits per heavy atom. The summed E-state index contributed by atoms with van der Waals surface area (Å²) in [6.07, 6.45) is 0. The van der Waals surface area contributed by atoms with Crippen LogP contribution in [0.1, 0.15) is 5.56 Å². The first kappa shape index (κ1) is 11.9. The molecule has 1 N–H and O–H groups in total. The largest absolute Gasteiger partial charge is 0.496 e. The number of hydrogen-bond acceptors (Lipinski definition) is 3. The maximum absolute atomic E-state index is 11.4. The fraction of sp³-hybridized carbons (Fsp3) is 0.273. The Hall–Kier alpha value is -1.56. The van der Waals surface area contributed by atoms with Crippen LogP contribution in [0.5, 0.6) is 5.75 Å². The third-order valence-electron chi connectivity index (χ3n) is 2.46. The molecule has 0 unspecified atom stereocenters. The summed E-state index contributed by atoms with van der Waals surface area (Å²) >= 11 is 3.37. The number of rotatable bonds is 3. The summed E-state index contributed by atoms with van der Waals surface area (Å²) in [4.78, 5) is 23.8. The molecule has 1 aromatic rings. The lowest BCUT2D eigenvalue weighted by Crippen LogP contribution is -2.27. The summed E-state index contributed by atoms with van der Waals surface area (Å²) in [6.45, 7) is 0.517. The van der Waals surface area contributed by atoms with Crippen LogP contribution in [0.4, 0.5) is 4.79 Å². The SMILES string of the molecule is COc1ccc(CN2CC(=O)NC2=O)cc1Br. The lowest BCUT2D eigenvalue weighted by molar-refractivity contribution is -0.118. The Morgan fingerprint density at radius 1 is 1.47 bits per heavy atom. The molecule has 1 heterocycles. The monoisotopic (exact) mass is 298 g/mol. The summed E-state index contributed by atoms with van der Waals surface area (Å²) in [7, 11) is 1.59. The number of nitrogens with one attached hydrogen (secondary N) is 1. The average molecular weight is 299 g/mol. The van der Waals surface area contributed by atoms with E-state index in [2.05, 4.69) is 21.2 Å². The van der Waals surface area contributed by atoms with Gasteiger partial charge in [-0.2, -0.15) is 0 Å². The molecule has 0 aromatic heterocycles. The van der Waals surface area contributed by atoms with Crippen molar-refractivity contribution >= 4 is 27.9 Å². The van der Waals surface area contributed by atoms with E-state index in [1.807, 2.05) is 18.2 Å². The smallest absolute Gasteiger partial charge is 0.324 e. The lowest BCUT2D eigenvalue weighted by atomic mass is 10.2. The minimum absolute atomic E-state index is 0.114. The molecule has 0 bridgehead atoms. The maximum atomic E-state index is 11.4. The fourth-order valence-corrected chi connectivity index (χ4v) is 2.23. The van der Waals surface area contributed by atoms with Crippen LogP contribution < -0.4 is 10.1 Å². The predicted molar refractivity (Wildman–Crippen MR) is 64.6 cm³/mol. The highest BCUT2D eigenvalue weighted by atomic mass is 79.9. The van der Waals surface area contributed by atoms with Gasteiger partial charge in [0.15, 0.2) is 0 Å². The molecular weight excluding hydrogens is 288 g/mol. The minimum Gasteiger partial charge on any atom is -0.496 e. The van der Waals surface area contributed by atoms with Gasteiger partial charge in [0, 0.05) is 6.54 Å². The summed E-state index contributed by atoms with van der Waals surface area (Å²) in [5.74, 6) is 0.471. The van der Waals surface area contributed by atoms with Crippen LogP contribution in [-0.2, 0) is 11.3 Å². The van der Waals surface area contributed by atoms with E-state index in [1.165, 1.54) is 4.90 Å². The second-order valence-electron chi connectivity index (χ2n) is 3.68. The van der Waals surface area contributed by atoms with E-state index in [0.717, 1.165) is 15.8 Å². The summed E-state index contributed by atoms with van der Waals surface area (Å²) in [6, 6.07) is 5.20. The van der Waals surface area contributed by atoms with Crippen LogP contribution in [-0.4, -0.2) is 30.5 Å². The van der Waals surface area contributed by atoms with Gasteiger partial charge >= 0.3 is 6.03 Å². The normalized spacial score (nSPS) is 15.1. The number of urea groups is 1. The minimum atomic E-state index is -0.345. The zero-order chi connectivity index (χ0) is 12.4. The Kier molecular flexibility index (Phi) is 3.33. The zero-order valence-electron chi connectivity index (χ0n) is 9.20. The molecule has 1 aliphatic heterocycles. The molecule has 6 heteroatoms. The number of benzene rings is 1. The lowest BCUT2D eigenvalue weighted by Gasteiger charge is -2.13. The van der Waals surface area contributed by atoms with E-state index < -0.39 is 0 Å². The number of imide groups is 1. The molecule has 1 aliphatic rings. The number of ether oxygens (including phenoxy) is 1. The van der Waals surface area contributed by atoms with Crippen molar-refractivity contribution in [2.45, 2.75) is 6.54 Å². The molecule has 0 spiro atoms. The van der Waals surface area contributed by atoms with Gasteiger partial charge in [-0.25, -0.2) is 4.79 Å². The van der Waals surface area contributed by atoms with Crippen molar-refractivity contribution < 1.29 is 14.3 Å². The zero-order valence-corrected chi connectivity index (χ0v) is 10.8. The van der Waals surface area contributed by atoms with Crippen LogP contribution in [0, 0.1) is 0 Å². The number of amides is 3. The number of methoxy groups -OCH3 is 1. The van der Waals surface area contributed by atoms with Crippen molar-refractivity contribution in [2.75, 3.05) is 13.7 Å². The van der Waals surface area contributed by atoms with Crippen molar-refractivity contribution in [3.05, 3.63) is 28.2 Å². The van der Waals surface area contributed by atoms with E-state index in [0.29, 0.717) is 6.54 Å². The first-order chi connectivity index (χ1) is 8.10. The van der Waals surface area contributed by atoms with Crippen LogP contribution in [0.2, 0.25) is 0 Å². The predicted octanol–water partition coefficient (Wildman–Crippen LogP) is 1.51. The number of halogens is 1. The van der Waals surface area contributed by atoms with Gasteiger partial charge in [0.1, 0.15) is 12.3 Å². The second kappa shape index (κ2) is 4.75. The molecule has 0 radical (unpaired) electrons. The van der Waals surface area contributed by atoms with Crippen LogP contribution in [0.3, 0.4) is 0 Å². The summed E-state index contributed by atoms with van der Waals surface area (Å²) in [5.41, 5.74) is 0.933. The van der Waals surface area contributed by atoms with Gasteiger partial charge in [0.25, 0.3) is 0 Å². The maximum Gasteiger partial charge on any atom is 0.324 e. The van der Waals surface area contributed by atoms with Gasteiger partial charge in [-0.05, 0) is 33.6 Å². The van der Waals surface area contributed by atoms with Gasteiger partial charge in [-0.3, -0.25) is 10.1 Å². The molecule has 0 saturated carbocycles. The third kappa shape index (κ3) is 2.58. The number of hydrogen-bond donors (Lipinski definition) is 1. The summed E-state index contributed by atoms with van der Waals surface area (Å²) in [5, 5.41) is 2.24. The van der Waals surface area contributed by atoms with Crippen LogP contribution in [0.25, 0.3) is 0 Å².